The summed E-state index contributed by atoms with van der Waals surface area (Å²) in [5.74, 6) is 1.49. The SMILES string of the molecule is CC(C)CCCNC(=O)Nc1cccc(CSc2ccccn2)c1. The third-order valence-electron chi connectivity index (χ3n) is 3.45. The van der Waals surface area contributed by atoms with Crippen molar-refractivity contribution in [3.05, 3.63) is 54.2 Å². The van der Waals surface area contributed by atoms with Gasteiger partial charge in [0.15, 0.2) is 0 Å². The summed E-state index contributed by atoms with van der Waals surface area (Å²) >= 11 is 1.68. The van der Waals surface area contributed by atoms with Crippen molar-refractivity contribution in [1.29, 1.82) is 0 Å². The van der Waals surface area contributed by atoms with Crippen LogP contribution in [0.25, 0.3) is 0 Å². The van der Waals surface area contributed by atoms with E-state index in [9.17, 15) is 4.79 Å². The van der Waals surface area contributed by atoms with Crippen molar-refractivity contribution in [2.75, 3.05) is 11.9 Å². The molecule has 0 radical (unpaired) electrons. The number of aromatic nitrogens is 1. The molecule has 0 atom stereocenters. The fourth-order valence-corrected chi connectivity index (χ4v) is 3.02. The Morgan fingerprint density at radius 1 is 1.21 bits per heavy atom. The summed E-state index contributed by atoms with van der Waals surface area (Å²) in [6, 6.07) is 13.7. The monoisotopic (exact) mass is 343 g/mol. The average Bonchev–Trinajstić information content (AvgIpc) is 2.58. The molecule has 4 nitrogen and oxygen atoms in total. The molecule has 2 amide bonds. The highest BCUT2D eigenvalue weighted by Crippen LogP contribution is 2.22. The van der Waals surface area contributed by atoms with Crippen molar-refractivity contribution in [1.82, 2.24) is 10.3 Å². The lowest BCUT2D eigenvalue weighted by Gasteiger charge is -2.10. The molecule has 0 aliphatic carbocycles. The van der Waals surface area contributed by atoms with Gasteiger partial charge in [-0.15, -0.1) is 11.8 Å². The van der Waals surface area contributed by atoms with Crippen molar-refractivity contribution in [3.63, 3.8) is 0 Å². The van der Waals surface area contributed by atoms with Crippen molar-refractivity contribution in [2.24, 2.45) is 5.92 Å². The number of anilines is 1. The lowest BCUT2D eigenvalue weighted by Crippen LogP contribution is -2.29. The minimum atomic E-state index is -0.145. The largest absolute Gasteiger partial charge is 0.338 e. The summed E-state index contributed by atoms with van der Waals surface area (Å²) in [7, 11) is 0. The second-order valence-corrected chi connectivity index (χ2v) is 7.07. The van der Waals surface area contributed by atoms with Crippen LogP contribution in [-0.4, -0.2) is 17.6 Å². The predicted molar refractivity (Wildman–Crippen MR) is 101 cm³/mol. The number of pyridine rings is 1. The number of nitrogens with one attached hydrogen (secondary N) is 2. The Kier molecular flexibility index (Phi) is 7.62. The second kappa shape index (κ2) is 9.98. The zero-order chi connectivity index (χ0) is 17.2. The van der Waals surface area contributed by atoms with E-state index in [1.165, 1.54) is 0 Å². The molecule has 0 aliphatic heterocycles. The van der Waals surface area contributed by atoms with E-state index in [4.69, 9.17) is 0 Å². The van der Waals surface area contributed by atoms with Gasteiger partial charge in [-0.25, -0.2) is 9.78 Å². The third kappa shape index (κ3) is 7.04. The van der Waals surface area contributed by atoms with Crippen molar-refractivity contribution >= 4 is 23.5 Å². The Hall–Kier alpha value is -2.01. The molecule has 0 aliphatic rings. The number of hydrogen-bond acceptors (Lipinski definition) is 3. The standard InChI is InChI=1S/C19H25N3OS/c1-15(2)7-6-12-21-19(23)22-17-9-5-8-16(13-17)14-24-18-10-3-4-11-20-18/h3-5,8-11,13,15H,6-7,12,14H2,1-2H3,(H2,21,22,23). The van der Waals surface area contributed by atoms with Gasteiger partial charge in [-0.2, -0.15) is 0 Å². The number of carbonyl (C=O) groups excluding carboxylic acids is 1. The normalized spacial score (nSPS) is 10.6. The summed E-state index contributed by atoms with van der Waals surface area (Å²) in [6.45, 7) is 5.09. The molecule has 2 rings (SSSR count). The first-order valence-corrected chi connectivity index (χ1v) is 9.29. The molecule has 2 aromatic rings. The minimum absolute atomic E-state index is 0.145. The minimum Gasteiger partial charge on any atom is -0.338 e. The summed E-state index contributed by atoms with van der Waals surface area (Å²) in [4.78, 5) is 16.2. The van der Waals surface area contributed by atoms with Gasteiger partial charge in [-0.1, -0.05) is 32.0 Å². The van der Waals surface area contributed by atoms with E-state index in [-0.39, 0.29) is 6.03 Å². The van der Waals surface area contributed by atoms with Crippen molar-refractivity contribution < 1.29 is 4.79 Å². The molecule has 2 N–H and O–H groups in total. The number of thioether (sulfide) groups is 1. The molecule has 0 fully saturated rings. The van der Waals surface area contributed by atoms with Crippen LogP contribution in [0.4, 0.5) is 10.5 Å². The molecule has 1 aromatic heterocycles. The zero-order valence-electron chi connectivity index (χ0n) is 14.3. The summed E-state index contributed by atoms with van der Waals surface area (Å²) < 4.78 is 0. The van der Waals surface area contributed by atoms with E-state index < -0.39 is 0 Å². The number of carbonyl (C=O) groups is 1. The van der Waals surface area contributed by atoms with Crippen molar-refractivity contribution in [2.45, 2.75) is 37.5 Å². The maximum absolute atomic E-state index is 11.9. The summed E-state index contributed by atoms with van der Waals surface area (Å²) in [5, 5.41) is 6.79. The van der Waals surface area contributed by atoms with Crippen molar-refractivity contribution in [3.8, 4) is 0 Å². The number of hydrogen-bond donors (Lipinski definition) is 2. The van der Waals surface area contributed by atoms with Gasteiger partial charge in [0.1, 0.15) is 0 Å². The Morgan fingerprint density at radius 2 is 2.08 bits per heavy atom. The average molecular weight is 343 g/mol. The van der Waals surface area contributed by atoms with Crippen LogP contribution < -0.4 is 10.6 Å². The smallest absolute Gasteiger partial charge is 0.319 e. The number of benzene rings is 1. The van der Waals surface area contributed by atoms with Crippen LogP contribution in [0, 0.1) is 5.92 Å². The highest BCUT2D eigenvalue weighted by molar-refractivity contribution is 7.98. The first-order valence-electron chi connectivity index (χ1n) is 8.31. The Labute approximate surface area is 148 Å². The van der Waals surface area contributed by atoms with Gasteiger partial charge in [-0.05, 0) is 48.6 Å². The van der Waals surface area contributed by atoms with E-state index in [0.29, 0.717) is 12.5 Å². The number of nitrogens with zero attached hydrogens (tertiary/aromatic N) is 1. The second-order valence-electron chi connectivity index (χ2n) is 6.07. The van der Waals surface area contributed by atoms with Crippen LogP contribution >= 0.6 is 11.8 Å². The molecular formula is C19H25N3OS. The van der Waals surface area contributed by atoms with Gasteiger partial charge in [0.2, 0.25) is 0 Å². The molecule has 0 bridgehead atoms. The molecule has 24 heavy (non-hydrogen) atoms. The maximum atomic E-state index is 11.9. The van der Waals surface area contributed by atoms with Crippen LogP contribution in [0.2, 0.25) is 0 Å². The highest BCUT2D eigenvalue weighted by atomic mass is 32.2. The van der Waals surface area contributed by atoms with Gasteiger partial charge in [-0.3, -0.25) is 0 Å². The van der Waals surface area contributed by atoms with Crippen LogP contribution in [0.5, 0.6) is 0 Å². The lowest BCUT2D eigenvalue weighted by atomic mass is 10.1. The van der Waals surface area contributed by atoms with E-state index in [1.807, 2.05) is 36.4 Å². The summed E-state index contributed by atoms with van der Waals surface area (Å²) in [5.41, 5.74) is 1.97. The molecule has 0 spiro atoms. The third-order valence-corrected chi connectivity index (χ3v) is 4.47. The van der Waals surface area contributed by atoms with Gasteiger partial charge in [0, 0.05) is 24.2 Å². The Bertz CT molecular complexity index is 632. The van der Waals surface area contributed by atoms with Crippen LogP contribution in [-0.2, 0) is 5.75 Å². The fourth-order valence-electron chi connectivity index (χ4n) is 2.22. The Balaban J connectivity index is 1.78. The lowest BCUT2D eigenvalue weighted by molar-refractivity contribution is 0.251. The van der Waals surface area contributed by atoms with E-state index in [0.717, 1.165) is 34.9 Å². The number of urea groups is 1. The molecule has 0 unspecified atom stereocenters. The molecule has 0 saturated heterocycles. The fraction of sp³-hybridized carbons (Fsp3) is 0.368. The zero-order valence-corrected chi connectivity index (χ0v) is 15.1. The molecule has 128 valence electrons. The van der Waals surface area contributed by atoms with E-state index in [2.05, 4.69) is 35.5 Å². The first kappa shape index (κ1) is 18.3. The first-order chi connectivity index (χ1) is 11.6. The number of amides is 2. The molecule has 1 heterocycles. The van der Waals surface area contributed by atoms with E-state index >= 15 is 0 Å². The topological polar surface area (TPSA) is 54.0 Å². The van der Waals surface area contributed by atoms with Gasteiger partial charge >= 0.3 is 6.03 Å². The predicted octanol–water partition coefficient (Wildman–Crippen LogP) is 4.93. The quantitative estimate of drug-likeness (QED) is 0.528. The van der Waals surface area contributed by atoms with Gasteiger partial charge in [0.05, 0.1) is 5.03 Å². The molecule has 0 saturated carbocycles. The highest BCUT2D eigenvalue weighted by Gasteiger charge is 2.03. The summed E-state index contributed by atoms with van der Waals surface area (Å²) in [6.07, 6.45) is 3.93. The van der Waals surface area contributed by atoms with Crippen LogP contribution in [0.15, 0.2) is 53.7 Å². The molecule has 5 heteroatoms. The van der Waals surface area contributed by atoms with Gasteiger partial charge in [0.25, 0.3) is 0 Å². The molecular weight excluding hydrogens is 318 g/mol. The van der Waals surface area contributed by atoms with Crippen LogP contribution in [0.1, 0.15) is 32.3 Å². The van der Waals surface area contributed by atoms with Crippen LogP contribution in [0.3, 0.4) is 0 Å². The number of rotatable bonds is 8. The molecule has 1 aromatic carbocycles. The maximum Gasteiger partial charge on any atom is 0.319 e. The van der Waals surface area contributed by atoms with E-state index in [1.54, 1.807) is 18.0 Å². The Morgan fingerprint density at radius 3 is 2.83 bits per heavy atom. The van der Waals surface area contributed by atoms with Gasteiger partial charge < -0.3 is 10.6 Å².